The minimum Gasteiger partial charge on any atom is -0.378 e. The summed E-state index contributed by atoms with van der Waals surface area (Å²) in [6.07, 6.45) is 0. The fourth-order valence-corrected chi connectivity index (χ4v) is 1.29. The second-order valence-electron chi connectivity index (χ2n) is 4.08. The lowest BCUT2D eigenvalue weighted by Gasteiger charge is -2.14. The zero-order chi connectivity index (χ0) is 11.3. The smallest absolute Gasteiger partial charge is 0.0361 e. The predicted molar refractivity (Wildman–Crippen MR) is 66.1 cm³/mol. The minimum atomic E-state index is 0.374. The molecule has 0 fully saturated rings. The molecule has 1 rings (SSSR count). The number of hydrogen-bond acceptors (Lipinski definition) is 3. The van der Waals surface area contributed by atoms with Gasteiger partial charge in [-0.25, -0.2) is 0 Å². The molecule has 3 nitrogen and oxygen atoms in total. The second-order valence-corrected chi connectivity index (χ2v) is 4.08. The summed E-state index contributed by atoms with van der Waals surface area (Å²) in [4.78, 5) is 2.10. The molecule has 3 heteroatoms. The van der Waals surface area contributed by atoms with Crippen LogP contribution < -0.4 is 16.0 Å². The third-order valence-electron chi connectivity index (χ3n) is 2.46. The summed E-state index contributed by atoms with van der Waals surface area (Å²) < 4.78 is 0. The normalized spacial score (nSPS) is 12.5. The quantitative estimate of drug-likeness (QED) is 0.762. The van der Waals surface area contributed by atoms with Crippen molar-refractivity contribution in [2.24, 2.45) is 5.73 Å². The Morgan fingerprint density at radius 1 is 1.27 bits per heavy atom. The maximum atomic E-state index is 5.53. The van der Waals surface area contributed by atoms with Crippen LogP contribution in [0.2, 0.25) is 0 Å². The summed E-state index contributed by atoms with van der Waals surface area (Å²) >= 11 is 0. The van der Waals surface area contributed by atoms with Crippen molar-refractivity contribution in [3.63, 3.8) is 0 Å². The number of benzene rings is 1. The van der Waals surface area contributed by atoms with Gasteiger partial charge in [-0.2, -0.15) is 0 Å². The van der Waals surface area contributed by atoms with Gasteiger partial charge in [0.15, 0.2) is 0 Å². The van der Waals surface area contributed by atoms with E-state index in [4.69, 9.17) is 5.73 Å². The number of hydrogen-bond donors (Lipinski definition) is 2. The Kier molecular flexibility index (Phi) is 4.59. The van der Waals surface area contributed by atoms with E-state index in [9.17, 15) is 0 Å². The van der Waals surface area contributed by atoms with Gasteiger partial charge < -0.3 is 16.0 Å². The summed E-state index contributed by atoms with van der Waals surface area (Å²) in [5, 5.41) is 3.36. The molecule has 3 N–H and O–H groups in total. The maximum Gasteiger partial charge on any atom is 0.0361 e. The van der Waals surface area contributed by atoms with E-state index >= 15 is 0 Å². The van der Waals surface area contributed by atoms with Crippen LogP contribution in [0.4, 0.5) is 5.69 Å². The Morgan fingerprint density at radius 3 is 2.33 bits per heavy atom. The summed E-state index contributed by atoms with van der Waals surface area (Å²) in [7, 11) is 4.09. The molecule has 1 aromatic carbocycles. The highest BCUT2D eigenvalue weighted by molar-refractivity contribution is 5.45. The van der Waals surface area contributed by atoms with E-state index in [-0.39, 0.29) is 0 Å². The van der Waals surface area contributed by atoms with Crippen molar-refractivity contribution in [1.82, 2.24) is 5.32 Å². The summed E-state index contributed by atoms with van der Waals surface area (Å²) in [5.41, 5.74) is 8.05. The standard InChI is InChI=1S/C12H21N3/c1-10(8-13)14-9-11-4-6-12(7-5-11)15(2)3/h4-7,10,14H,8-9,13H2,1-3H3/t10-/m0/s1. The first kappa shape index (κ1) is 12.0. The van der Waals surface area contributed by atoms with E-state index in [0.29, 0.717) is 12.6 Å². The lowest BCUT2D eigenvalue weighted by molar-refractivity contribution is 0.556. The van der Waals surface area contributed by atoms with Crippen molar-refractivity contribution >= 4 is 5.69 Å². The molecule has 0 aliphatic rings. The van der Waals surface area contributed by atoms with Crippen LogP contribution in [0, 0.1) is 0 Å². The molecule has 84 valence electrons. The third-order valence-corrected chi connectivity index (χ3v) is 2.46. The number of nitrogens with two attached hydrogens (primary N) is 1. The van der Waals surface area contributed by atoms with E-state index in [1.165, 1.54) is 11.3 Å². The average molecular weight is 207 g/mol. The molecular formula is C12H21N3. The molecule has 0 unspecified atom stereocenters. The molecule has 0 bridgehead atoms. The number of rotatable bonds is 5. The van der Waals surface area contributed by atoms with E-state index in [1.807, 2.05) is 14.1 Å². The first-order chi connectivity index (χ1) is 7.13. The van der Waals surface area contributed by atoms with Gasteiger partial charge in [0, 0.05) is 38.9 Å². The SMILES string of the molecule is C[C@@H](CN)NCc1ccc(N(C)C)cc1. The Balaban J connectivity index is 2.50. The van der Waals surface area contributed by atoms with E-state index in [1.54, 1.807) is 0 Å². The molecule has 0 saturated heterocycles. The number of nitrogens with zero attached hydrogens (tertiary/aromatic N) is 1. The molecule has 0 aromatic heterocycles. The fraction of sp³-hybridized carbons (Fsp3) is 0.500. The van der Waals surface area contributed by atoms with Crippen LogP contribution in [0.15, 0.2) is 24.3 Å². The summed E-state index contributed by atoms with van der Waals surface area (Å²) in [6.45, 7) is 3.65. The topological polar surface area (TPSA) is 41.3 Å². The lowest BCUT2D eigenvalue weighted by Crippen LogP contribution is -2.32. The highest BCUT2D eigenvalue weighted by atomic mass is 15.1. The largest absolute Gasteiger partial charge is 0.378 e. The number of anilines is 1. The Hall–Kier alpha value is -1.06. The number of nitrogens with one attached hydrogen (secondary N) is 1. The lowest BCUT2D eigenvalue weighted by atomic mass is 10.2. The summed E-state index contributed by atoms with van der Waals surface area (Å²) in [5.74, 6) is 0. The van der Waals surface area contributed by atoms with E-state index in [2.05, 4.69) is 41.4 Å². The molecule has 0 spiro atoms. The van der Waals surface area contributed by atoms with Gasteiger partial charge in [-0.05, 0) is 24.6 Å². The highest BCUT2D eigenvalue weighted by Gasteiger charge is 1.99. The van der Waals surface area contributed by atoms with Gasteiger partial charge in [-0.3, -0.25) is 0 Å². The minimum absolute atomic E-state index is 0.374. The maximum absolute atomic E-state index is 5.53. The average Bonchev–Trinajstić information content (AvgIpc) is 2.26. The van der Waals surface area contributed by atoms with E-state index in [0.717, 1.165) is 6.54 Å². The molecule has 0 aliphatic heterocycles. The fourth-order valence-electron chi connectivity index (χ4n) is 1.29. The van der Waals surface area contributed by atoms with E-state index < -0.39 is 0 Å². The van der Waals surface area contributed by atoms with Gasteiger partial charge in [0.05, 0.1) is 0 Å². The molecule has 15 heavy (non-hydrogen) atoms. The van der Waals surface area contributed by atoms with Gasteiger partial charge in [0.1, 0.15) is 0 Å². The van der Waals surface area contributed by atoms with Gasteiger partial charge in [0.25, 0.3) is 0 Å². The zero-order valence-electron chi connectivity index (χ0n) is 9.83. The first-order valence-electron chi connectivity index (χ1n) is 5.33. The Labute approximate surface area is 92.3 Å². The van der Waals surface area contributed by atoms with Crippen LogP contribution in [0.1, 0.15) is 12.5 Å². The molecule has 0 heterocycles. The van der Waals surface area contributed by atoms with Gasteiger partial charge in [-0.1, -0.05) is 12.1 Å². The molecule has 1 atom stereocenters. The van der Waals surface area contributed by atoms with Gasteiger partial charge >= 0.3 is 0 Å². The van der Waals surface area contributed by atoms with Gasteiger partial charge in [-0.15, -0.1) is 0 Å². The molecular weight excluding hydrogens is 186 g/mol. The van der Waals surface area contributed by atoms with Crippen molar-refractivity contribution in [3.8, 4) is 0 Å². The molecule has 0 amide bonds. The monoisotopic (exact) mass is 207 g/mol. The van der Waals surface area contributed by atoms with Crippen LogP contribution in [0.25, 0.3) is 0 Å². The Bertz CT molecular complexity index is 279. The molecule has 0 aliphatic carbocycles. The molecule has 0 saturated carbocycles. The predicted octanol–water partition coefficient (Wildman–Crippen LogP) is 1.19. The second kappa shape index (κ2) is 5.73. The molecule has 0 radical (unpaired) electrons. The van der Waals surface area contributed by atoms with Crippen molar-refractivity contribution in [2.75, 3.05) is 25.5 Å². The van der Waals surface area contributed by atoms with Crippen molar-refractivity contribution in [1.29, 1.82) is 0 Å². The van der Waals surface area contributed by atoms with Crippen LogP contribution in [-0.4, -0.2) is 26.7 Å². The van der Waals surface area contributed by atoms with Crippen LogP contribution >= 0.6 is 0 Å². The van der Waals surface area contributed by atoms with Crippen LogP contribution in [0.5, 0.6) is 0 Å². The zero-order valence-corrected chi connectivity index (χ0v) is 9.83. The summed E-state index contributed by atoms with van der Waals surface area (Å²) in [6, 6.07) is 8.92. The Morgan fingerprint density at radius 2 is 1.87 bits per heavy atom. The third kappa shape index (κ3) is 3.90. The van der Waals surface area contributed by atoms with Crippen molar-refractivity contribution in [3.05, 3.63) is 29.8 Å². The van der Waals surface area contributed by atoms with Crippen LogP contribution in [-0.2, 0) is 6.54 Å². The highest BCUT2D eigenvalue weighted by Crippen LogP contribution is 2.11. The first-order valence-corrected chi connectivity index (χ1v) is 5.33. The van der Waals surface area contributed by atoms with Gasteiger partial charge in [0.2, 0.25) is 0 Å². The molecule has 1 aromatic rings. The van der Waals surface area contributed by atoms with Crippen LogP contribution in [0.3, 0.4) is 0 Å². The van der Waals surface area contributed by atoms with Crippen molar-refractivity contribution in [2.45, 2.75) is 19.5 Å². The van der Waals surface area contributed by atoms with Crippen molar-refractivity contribution < 1.29 is 0 Å².